The van der Waals surface area contributed by atoms with Gasteiger partial charge in [-0.2, -0.15) is 5.10 Å². The molecule has 0 radical (unpaired) electrons. The predicted molar refractivity (Wildman–Crippen MR) is 68.2 cm³/mol. The first-order chi connectivity index (χ1) is 9.15. The van der Waals surface area contributed by atoms with Crippen molar-refractivity contribution in [3.05, 3.63) is 65.5 Å². The number of aromatic nitrogens is 3. The third-order valence-corrected chi connectivity index (χ3v) is 3.03. The molecule has 0 aliphatic carbocycles. The second kappa shape index (κ2) is 4.44. The fourth-order valence-electron chi connectivity index (χ4n) is 2.17. The van der Waals surface area contributed by atoms with E-state index in [-0.39, 0.29) is 5.82 Å². The molecule has 5 heteroatoms. The highest BCUT2D eigenvalue weighted by atomic mass is 19.1. The molecule has 96 valence electrons. The Kier molecular flexibility index (Phi) is 2.76. The largest absolute Gasteiger partial charge is 0.384 e. The van der Waals surface area contributed by atoms with E-state index in [1.807, 2.05) is 0 Å². The molecule has 0 spiro atoms. The standard InChI is InChI=1S/C14H12FN3O/c1-9-4-10(6-11(15)5-9)14(19)12-7-17-18-3-2-16-8-13(12)18/h2-8,14,19H,1H3. The van der Waals surface area contributed by atoms with Gasteiger partial charge in [-0.1, -0.05) is 6.07 Å². The van der Waals surface area contributed by atoms with E-state index in [0.717, 1.165) is 5.56 Å². The third-order valence-electron chi connectivity index (χ3n) is 3.03. The zero-order valence-corrected chi connectivity index (χ0v) is 10.3. The molecule has 4 nitrogen and oxygen atoms in total. The number of rotatable bonds is 2. The summed E-state index contributed by atoms with van der Waals surface area (Å²) in [6.07, 6.45) is 5.58. The molecule has 3 aromatic rings. The highest BCUT2D eigenvalue weighted by Crippen LogP contribution is 2.26. The van der Waals surface area contributed by atoms with Crippen LogP contribution in [0.15, 0.2) is 43.0 Å². The van der Waals surface area contributed by atoms with E-state index in [1.54, 1.807) is 42.3 Å². The first kappa shape index (κ1) is 11.8. The highest BCUT2D eigenvalue weighted by Gasteiger charge is 2.16. The Balaban J connectivity index is 2.10. The van der Waals surface area contributed by atoms with Crippen molar-refractivity contribution in [3.8, 4) is 0 Å². The summed E-state index contributed by atoms with van der Waals surface area (Å²) in [7, 11) is 0. The summed E-state index contributed by atoms with van der Waals surface area (Å²) in [5, 5.41) is 14.5. The number of hydrogen-bond donors (Lipinski definition) is 1. The Labute approximate surface area is 109 Å². The Morgan fingerprint density at radius 2 is 2.11 bits per heavy atom. The lowest BCUT2D eigenvalue weighted by Crippen LogP contribution is -2.01. The fourth-order valence-corrected chi connectivity index (χ4v) is 2.17. The molecule has 1 aromatic carbocycles. The van der Waals surface area contributed by atoms with Gasteiger partial charge in [-0.15, -0.1) is 0 Å². The molecule has 0 bridgehead atoms. The van der Waals surface area contributed by atoms with Crippen LogP contribution in [0.5, 0.6) is 0 Å². The number of hydrogen-bond acceptors (Lipinski definition) is 3. The third kappa shape index (κ3) is 2.08. The van der Waals surface area contributed by atoms with Crippen LogP contribution < -0.4 is 0 Å². The van der Waals surface area contributed by atoms with Gasteiger partial charge in [-0.3, -0.25) is 4.98 Å². The number of aliphatic hydroxyl groups excluding tert-OH is 1. The molecule has 1 N–H and O–H groups in total. The van der Waals surface area contributed by atoms with Crippen LogP contribution in [-0.2, 0) is 0 Å². The summed E-state index contributed by atoms with van der Waals surface area (Å²) in [6.45, 7) is 1.79. The molecule has 1 unspecified atom stereocenters. The summed E-state index contributed by atoms with van der Waals surface area (Å²) in [5.74, 6) is -0.358. The minimum Gasteiger partial charge on any atom is -0.384 e. The Morgan fingerprint density at radius 3 is 2.89 bits per heavy atom. The van der Waals surface area contributed by atoms with Crippen molar-refractivity contribution in [3.63, 3.8) is 0 Å². The zero-order valence-electron chi connectivity index (χ0n) is 10.3. The van der Waals surface area contributed by atoms with Crippen LogP contribution in [0.1, 0.15) is 22.8 Å². The molecule has 3 rings (SSSR count). The van der Waals surface area contributed by atoms with Crippen molar-refractivity contribution in [2.45, 2.75) is 13.0 Å². The van der Waals surface area contributed by atoms with Crippen molar-refractivity contribution in [2.24, 2.45) is 0 Å². The van der Waals surface area contributed by atoms with E-state index in [2.05, 4.69) is 10.1 Å². The lowest BCUT2D eigenvalue weighted by Gasteiger charge is -2.10. The van der Waals surface area contributed by atoms with Gasteiger partial charge in [0.25, 0.3) is 0 Å². The first-order valence-corrected chi connectivity index (χ1v) is 5.87. The molecule has 0 fully saturated rings. The van der Waals surface area contributed by atoms with E-state index < -0.39 is 6.10 Å². The number of aliphatic hydroxyl groups is 1. The summed E-state index contributed by atoms with van der Waals surface area (Å²) in [4.78, 5) is 4.01. The fraction of sp³-hybridized carbons (Fsp3) is 0.143. The zero-order chi connectivity index (χ0) is 13.4. The minimum atomic E-state index is -0.920. The van der Waals surface area contributed by atoms with Crippen LogP contribution in [0.4, 0.5) is 4.39 Å². The topological polar surface area (TPSA) is 50.4 Å². The molecule has 2 aromatic heterocycles. The van der Waals surface area contributed by atoms with Crippen molar-refractivity contribution < 1.29 is 9.50 Å². The van der Waals surface area contributed by atoms with Gasteiger partial charge in [0.15, 0.2) is 0 Å². The van der Waals surface area contributed by atoms with Gasteiger partial charge >= 0.3 is 0 Å². The average molecular weight is 257 g/mol. The van der Waals surface area contributed by atoms with Crippen LogP contribution in [0, 0.1) is 12.7 Å². The van der Waals surface area contributed by atoms with Crippen LogP contribution in [0.2, 0.25) is 0 Å². The maximum Gasteiger partial charge on any atom is 0.123 e. The second-order valence-corrected chi connectivity index (χ2v) is 4.47. The lowest BCUT2D eigenvalue weighted by molar-refractivity contribution is 0.221. The number of fused-ring (bicyclic) bond motifs is 1. The summed E-state index contributed by atoms with van der Waals surface area (Å²) in [6, 6.07) is 4.51. The molecular weight excluding hydrogens is 245 g/mol. The maximum absolute atomic E-state index is 13.4. The van der Waals surface area contributed by atoms with Gasteiger partial charge in [0.05, 0.1) is 17.9 Å². The van der Waals surface area contributed by atoms with Crippen LogP contribution in [0.3, 0.4) is 0 Å². The Bertz CT molecular complexity index is 718. The molecule has 0 saturated carbocycles. The van der Waals surface area contributed by atoms with Crippen LogP contribution >= 0.6 is 0 Å². The number of benzene rings is 1. The Morgan fingerprint density at radius 1 is 1.26 bits per heavy atom. The summed E-state index contributed by atoms with van der Waals surface area (Å²) < 4.78 is 15.0. The molecule has 1 atom stereocenters. The van der Waals surface area contributed by atoms with Gasteiger partial charge in [0.1, 0.15) is 11.9 Å². The van der Waals surface area contributed by atoms with Crippen molar-refractivity contribution in [1.82, 2.24) is 14.6 Å². The molecule has 19 heavy (non-hydrogen) atoms. The lowest BCUT2D eigenvalue weighted by atomic mass is 10.0. The summed E-state index contributed by atoms with van der Waals surface area (Å²) >= 11 is 0. The highest BCUT2D eigenvalue weighted by molar-refractivity contribution is 5.55. The van der Waals surface area contributed by atoms with Crippen molar-refractivity contribution in [2.75, 3.05) is 0 Å². The molecule has 0 saturated heterocycles. The monoisotopic (exact) mass is 257 g/mol. The van der Waals surface area contributed by atoms with E-state index >= 15 is 0 Å². The maximum atomic E-state index is 13.4. The van der Waals surface area contributed by atoms with Crippen molar-refractivity contribution in [1.29, 1.82) is 0 Å². The molecule has 0 aliphatic rings. The normalized spacial score (nSPS) is 12.8. The smallest absolute Gasteiger partial charge is 0.123 e. The average Bonchev–Trinajstić information content (AvgIpc) is 2.80. The number of nitrogens with zero attached hydrogens (tertiary/aromatic N) is 3. The van der Waals surface area contributed by atoms with Gasteiger partial charge in [-0.25, -0.2) is 8.91 Å². The first-order valence-electron chi connectivity index (χ1n) is 5.87. The van der Waals surface area contributed by atoms with E-state index in [4.69, 9.17) is 0 Å². The van der Waals surface area contributed by atoms with Gasteiger partial charge in [0, 0.05) is 18.0 Å². The minimum absolute atomic E-state index is 0.358. The molecule has 0 aliphatic heterocycles. The van der Waals surface area contributed by atoms with Crippen molar-refractivity contribution >= 4 is 5.52 Å². The van der Waals surface area contributed by atoms with Gasteiger partial charge in [-0.05, 0) is 30.2 Å². The second-order valence-electron chi connectivity index (χ2n) is 4.47. The Hall–Kier alpha value is -2.27. The van der Waals surface area contributed by atoms with Crippen LogP contribution in [0.25, 0.3) is 5.52 Å². The van der Waals surface area contributed by atoms with Crippen LogP contribution in [-0.4, -0.2) is 19.7 Å². The number of halogens is 1. The van der Waals surface area contributed by atoms with E-state index in [9.17, 15) is 9.50 Å². The SMILES string of the molecule is Cc1cc(F)cc(C(O)c2cnn3ccncc23)c1. The van der Waals surface area contributed by atoms with E-state index in [0.29, 0.717) is 16.6 Å². The molecule has 0 amide bonds. The number of aryl methyl sites for hydroxylation is 1. The van der Waals surface area contributed by atoms with E-state index in [1.165, 1.54) is 12.1 Å². The predicted octanol–water partition coefficient (Wildman–Crippen LogP) is 2.26. The van der Waals surface area contributed by atoms with Gasteiger partial charge < -0.3 is 5.11 Å². The quantitative estimate of drug-likeness (QED) is 0.766. The van der Waals surface area contributed by atoms with Gasteiger partial charge in [0.2, 0.25) is 0 Å². The molecule has 2 heterocycles. The summed E-state index contributed by atoms with van der Waals surface area (Å²) in [5.41, 5.74) is 2.59. The molecular formula is C14H12FN3O.